The van der Waals surface area contributed by atoms with Crippen LogP contribution in [-0.2, 0) is 0 Å². The number of carbonyl (C=O) groups is 1. The van der Waals surface area contributed by atoms with E-state index in [2.05, 4.69) is 33.5 Å². The van der Waals surface area contributed by atoms with E-state index in [4.69, 9.17) is 4.74 Å². The lowest BCUT2D eigenvalue weighted by Gasteiger charge is -2.52. The van der Waals surface area contributed by atoms with E-state index in [9.17, 15) is 4.79 Å². The van der Waals surface area contributed by atoms with E-state index in [0.29, 0.717) is 5.92 Å². The highest BCUT2D eigenvalue weighted by molar-refractivity contribution is 5.90. The van der Waals surface area contributed by atoms with Crippen LogP contribution in [0.1, 0.15) is 37.8 Å². The molecule has 6 heteroatoms. The van der Waals surface area contributed by atoms with E-state index in [-0.39, 0.29) is 18.1 Å². The number of nitrogens with zero attached hydrogens (tertiary/aromatic N) is 2. The number of fused-ring (bicyclic) bond motifs is 4. The maximum Gasteiger partial charge on any atom is 0.319 e. The minimum Gasteiger partial charge on any atom is -0.497 e. The molecule has 5 atom stereocenters. The maximum absolute atomic E-state index is 13.1. The average molecular weight is 445 g/mol. The number of rotatable bonds is 6. The number of amides is 2. The number of methoxy groups -OCH3 is 1. The minimum absolute atomic E-state index is 0.146. The number of benzene rings is 2. The van der Waals surface area contributed by atoms with Crippen LogP contribution in [0, 0.1) is 11.8 Å². The lowest BCUT2D eigenvalue weighted by molar-refractivity contribution is -0.0141. The standard InChI is InChI=1S/C27H32N4O2/c1-3-18-17-31-14-12-19(18)15-25(31)26(30-27(32)29-20-7-5-4-6-8-20)22-11-13-28-24-10-9-21(33-2)16-23(22)24/h4-11,13,16,18-19,25-26H,3,12,14-15,17H2,1-2H3,(H2,29,30,32)/t18-,19-,25+,26-/m0/s1. The summed E-state index contributed by atoms with van der Waals surface area (Å²) in [7, 11) is 1.68. The van der Waals surface area contributed by atoms with Crippen molar-refractivity contribution < 1.29 is 9.53 Å². The normalized spacial score (nSPS) is 24.9. The molecule has 6 rings (SSSR count). The fraction of sp³-hybridized carbons (Fsp3) is 0.407. The van der Waals surface area contributed by atoms with Gasteiger partial charge in [0.25, 0.3) is 0 Å². The van der Waals surface area contributed by atoms with Gasteiger partial charge in [-0.1, -0.05) is 31.5 Å². The van der Waals surface area contributed by atoms with Gasteiger partial charge in [-0.2, -0.15) is 0 Å². The molecule has 172 valence electrons. The summed E-state index contributed by atoms with van der Waals surface area (Å²) in [5.41, 5.74) is 2.78. The van der Waals surface area contributed by atoms with Crippen LogP contribution in [0.3, 0.4) is 0 Å². The van der Waals surface area contributed by atoms with Gasteiger partial charge < -0.3 is 15.4 Å². The summed E-state index contributed by atoms with van der Waals surface area (Å²) < 4.78 is 5.50. The number of hydrogen-bond donors (Lipinski definition) is 2. The third-order valence-electron chi connectivity index (χ3n) is 7.48. The van der Waals surface area contributed by atoms with Crippen LogP contribution >= 0.6 is 0 Å². The number of carbonyl (C=O) groups excluding carboxylic acids is 1. The Morgan fingerprint density at radius 3 is 2.79 bits per heavy atom. The number of urea groups is 1. The summed E-state index contributed by atoms with van der Waals surface area (Å²) >= 11 is 0. The molecule has 2 aromatic carbocycles. The number of nitrogens with one attached hydrogen (secondary N) is 2. The number of ether oxygens (including phenoxy) is 1. The van der Waals surface area contributed by atoms with Crippen LogP contribution in [0.2, 0.25) is 0 Å². The highest BCUT2D eigenvalue weighted by Crippen LogP contribution is 2.43. The average Bonchev–Trinajstić information content (AvgIpc) is 2.87. The Kier molecular flexibility index (Phi) is 6.18. The smallest absolute Gasteiger partial charge is 0.319 e. The zero-order valence-corrected chi connectivity index (χ0v) is 19.3. The van der Waals surface area contributed by atoms with E-state index >= 15 is 0 Å². The Bertz CT molecular complexity index is 1120. The molecule has 2 bridgehead atoms. The van der Waals surface area contributed by atoms with Gasteiger partial charge in [-0.15, -0.1) is 0 Å². The van der Waals surface area contributed by atoms with Crippen molar-refractivity contribution in [3.63, 3.8) is 0 Å². The first-order valence-electron chi connectivity index (χ1n) is 12.0. The molecule has 6 nitrogen and oxygen atoms in total. The Labute approximate surface area is 195 Å². The van der Waals surface area contributed by atoms with Crippen molar-refractivity contribution in [1.82, 2.24) is 15.2 Å². The first kappa shape index (κ1) is 21.7. The number of hydrogen-bond acceptors (Lipinski definition) is 4. The van der Waals surface area contributed by atoms with Crippen LogP contribution in [0.25, 0.3) is 10.9 Å². The molecule has 1 aromatic heterocycles. The van der Waals surface area contributed by atoms with Gasteiger partial charge in [-0.3, -0.25) is 9.88 Å². The van der Waals surface area contributed by atoms with Gasteiger partial charge in [0.15, 0.2) is 0 Å². The second kappa shape index (κ2) is 9.40. The minimum atomic E-state index is -0.186. The Morgan fingerprint density at radius 2 is 2.06 bits per heavy atom. The maximum atomic E-state index is 13.1. The molecule has 3 saturated heterocycles. The molecule has 2 amide bonds. The van der Waals surface area contributed by atoms with E-state index in [1.165, 1.54) is 12.8 Å². The molecular weight excluding hydrogens is 412 g/mol. The molecule has 1 unspecified atom stereocenters. The number of anilines is 1. The zero-order valence-electron chi connectivity index (χ0n) is 19.3. The van der Waals surface area contributed by atoms with Crippen LogP contribution in [0.5, 0.6) is 5.75 Å². The zero-order chi connectivity index (χ0) is 22.8. The van der Waals surface area contributed by atoms with Gasteiger partial charge in [0, 0.05) is 29.9 Å². The molecule has 33 heavy (non-hydrogen) atoms. The van der Waals surface area contributed by atoms with E-state index in [1.54, 1.807) is 7.11 Å². The monoisotopic (exact) mass is 444 g/mol. The number of para-hydroxylation sites is 1. The summed E-state index contributed by atoms with van der Waals surface area (Å²) in [6.07, 6.45) is 5.42. The highest BCUT2D eigenvalue weighted by atomic mass is 16.5. The fourth-order valence-corrected chi connectivity index (χ4v) is 5.74. The SMILES string of the molecule is CC[C@H]1CN2CC[C@H]1C[C@@H]2[C@@H](NC(=O)Nc1ccccc1)c1ccnc2ccc(OC)cc12. The Hall–Kier alpha value is -3.12. The second-order valence-corrected chi connectivity index (χ2v) is 9.24. The van der Waals surface area contributed by atoms with Crippen LogP contribution < -0.4 is 15.4 Å². The summed E-state index contributed by atoms with van der Waals surface area (Å²) in [4.78, 5) is 20.3. The van der Waals surface area contributed by atoms with Crippen molar-refractivity contribution in [3.05, 3.63) is 66.4 Å². The van der Waals surface area contributed by atoms with Gasteiger partial charge in [0.2, 0.25) is 0 Å². The van der Waals surface area contributed by atoms with E-state index < -0.39 is 0 Å². The van der Waals surface area contributed by atoms with Gasteiger partial charge in [0.05, 0.1) is 18.7 Å². The topological polar surface area (TPSA) is 66.5 Å². The number of aromatic nitrogens is 1. The fourth-order valence-electron chi connectivity index (χ4n) is 5.74. The molecule has 3 aromatic rings. The summed E-state index contributed by atoms with van der Waals surface area (Å²) in [5, 5.41) is 7.37. The van der Waals surface area contributed by atoms with E-state index in [1.807, 2.05) is 54.7 Å². The molecule has 4 heterocycles. The first-order valence-corrected chi connectivity index (χ1v) is 12.0. The van der Waals surface area contributed by atoms with Crippen molar-refractivity contribution in [2.45, 2.75) is 38.3 Å². The first-order chi connectivity index (χ1) is 16.2. The number of pyridine rings is 1. The molecular formula is C27H32N4O2. The molecule has 0 aliphatic carbocycles. The van der Waals surface area contributed by atoms with Gasteiger partial charge in [0.1, 0.15) is 5.75 Å². The Morgan fingerprint density at radius 1 is 1.21 bits per heavy atom. The lowest BCUT2D eigenvalue weighted by atomic mass is 9.72. The van der Waals surface area contributed by atoms with Gasteiger partial charge in [-0.05, 0) is 73.2 Å². The molecule has 2 N–H and O–H groups in total. The molecule has 3 aliphatic heterocycles. The third kappa shape index (κ3) is 4.40. The number of piperidine rings is 3. The second-order valence-electron chi connectivity index (χ2n) is 9.24. The highest BCUT2D eigenvalue weighted by Gasteiger charge is 2.43. The van der Waals surface area contributed by atoms with Crippen molar-refractivity contribution in [3.8, 4) is 5.75 Å². The lowest BCUT2D eigenvalue weighted by Crippen LogP contribution is -2.58. The van der Waals surface area contributed by atoms with Crippen molar-refractivity contribution >= 4 is 22.6 Å². The summed E-state index contributed by atoms with van der Waals surface area (Å²) in [6, 6.07) is 17.5. The predicted molar refractivity (Wildman–Crippen MR) is 131 cm³/mol. The molecule has 0 saturated carbocycles. The van der Waals surface area contributed by atoms with Crippen LogP contribution in [0.15, 0.2) is 60.8 Å². The third-order valence-corrected chi connectivity index (χ3v) is 7.48. The van der Waals surface area contributed by atoms with Crippen molar-refractivity contribution in [1.29, 1.82) is 0 Å². The summed E-state index contributed by atoms with van der Waals surface area (Å²) in [6.45, 7) is 4.50. The molecule has 3 fully saturated rings. The van der Waals surface area contributed by atoms with Gasteiger partial charge in [-0.25, -0.2) is 4.79 Å². The van der Waals surface area contributed by atoms with Crippen molar-refractivity contribution in [2.75, 3.05) is 25.5 Å². The summed E-state index contributed by atoms with van der Waals surface area (Å²) in [5.74, 6) is 2.26. The largest absolute Gasteiger partial charge is 0.497 e. The van der Waals surface area contributed by atoms with Crippen LogP contribution in [-0.4, -0.2) is 42.2 Å². The molecule has 0 radical (unpaired) electrons. The quantitative estimate of drug-likeness (QED) is 0.547. The van der Waals surface area contributed by atoms with Gasteiger partial charge >= 0.3 is 6.03 Å². The molecule has 3 aliphatic rings. The van der Waals surface area contributed by atoms with E-state index in [0.717, 1.165) is 53.3 Å². The Balaban J connectivity index is 1.51. The predicted octanol–water partition coefficient (Wildman–Crippen LogP) is 5.23. The van der Waals surface area contributed by atoms with Crippen LogP contribution in [0.4, 0.5) is 10.5 Å². The molecule has 0 spiro atoms. The van der Waals surface area contributed by atoms with Crippen molar-refractivity contribution in [2.24, 2.45) is 11.8 Å².